The third-order valence-corrected chi connectivity index (χ3v) is 3.27. The van der Waals surface area contributed by atoms with Gasteiger partial charge in [0.25, 0.3) is 5.69 Å². The van der Waals surface area contributed by atoms with E-state index in [2.05, 4.69) is 0 Å². The number of ether oxygens (including phenoxy) is 2. The highest BCUT2D eigenvalue weighted by Crippen LogP contribution is 2.28. The molecule has 2 aromatic carbocycles. The van der Waals surface area contributed by atoms with Crippen molar-refractivity contribution < 1.29 is 14.4 Å². The van der Waals surface area contributed by atoms with Crippen molar-refractivity contribution in [3.8, 4) is 11.5 Å². The maximum Gasteiger partial charge on any atom is 0.269 e. The summed E-state index contributed by atoms with van der Waals surface area (Å²) in [6, 6.07) is 12.5. The Hall–Kier alpha value is -2.56. The third-order valence-electron chi connectivity index (χ3n) is 3.27. The highest BCUT2D eigenvalue weighted by Gasteiger charge is 2.07. The van der Waals surface area contributed by atoms with Crippen LogP contribution in [0.1, 0.15) is 11.1 Å². The predicted octanol–water partition coefficient (Wildman–Crippen LogP) is 3.40. The van der Waals surface area contributed by atoms with Crippen molar-refractivity contribution in [2.75, 3.05) is 14.2 Å². The second kappa shape index (κ2) is 6.74. The number of hydrogen-bond donors (Lipinski definition) is 0. The molecule has 0 heterocycles. The summed E-state index contributed by atoms with van der Waals surface area (Å²) in [5.41, 5.74) is 2.16. The van der Waals surface area contributed by atoms with E-state index in [4.69, 9.17) is 9.47 Å². The van der Waals surface area contributed by atoms with E-state index in [-0.39, 0.29) is 10.6 Å². The molecule has 0 unspecified atom stereocenters. The van der Waals surface area contributed by atoms with Crippen molar-refractivity contribution >= 4 is 5.69 Å². The Balaban J connectivity index is 2.09. The van der Waals surface area contributed by atoms with Gasteiger partial charge in [-0.25, -0.2) is 0 Å². The van der Waals surface area contributed by atoms with Gasteiger partial charge in [-0.2, -0.15) is 0 Å². The minimum atomic E-state index is -0.375. The molecule has 110 valence electrons. The highest BCUT2D eigenvalue weighted by atomic mass is 16.6. The molecular weight excluding hydrogens is 270 g/mol. The molecule has 0 aliphatic heterocycles. The predicted molar refractivity (Wildman–Crippen MR) is 80.1 cm³/mol. The first-order valence-electron chi connectivity index (χ1n) is 6.58. The van der Waals surface area contributed by atoms with Crippen molar-refractivity contribution in [2.45, 2.75) is 12.8 Å². The van der Waals surface area contributed by atoms with Crippen LogP contribution in [0.4, 0.5) is 5.69 Å². The topological polar surface area (TPSA) is 61.6 Å². The number of nitrogens with zero attached hydrogens (tertiary/aromatic N) is 1. The van der Waals surface area contributed by atoms with Crippen molar-refractivity contribution in [1.29, 1.82) is 0 Å². The normalized spacial score (nSPS) is 10.2. The quantitative estimate of drug-likeness (QED) is 0.603. The molecule has 0 radical (unpaired) electrons. The molecule has 0 aliphatic rings. The van der Waals surface area contributed by atoms with Crippen LogP contribution in [0.25, 0.3) is 0 Å². The fourth-order valence-electron chi connectivity index (χ4n) is 2.15. The molecule has 21 heavy (non-hydrogen) atoms. The van der Waals surface area contributed by atoms with Crippen LogP contribution in [0.5, 0.6) is 11.5 Å². The Morgan fingerprint density at radius 3 is 2.24 bits per heavy atom. The zero-order chi connectivity index (χ0) is 15.2. The van der Waals surface area contributed by atoms with E-state index in [1.165, 1.54) is 6.07 Å². The third kappa shape index (κ3) is 3.72. The van der Waals surface area contributed by atoms with Gasteiger partial charge >= 0.3 is 0 Å². The molecule has 0 atom stereocenters. The number of nitro benzene ring substituents is 1. The molecule has 0 bridgehead atoms. The molecule has 0 aliphatic carbocycles. The van der Waals surface area contributed by atoms with Crippen LogP contribution in [0.15, 0.2) is 42.5 Å². The summed E-state index contributed by atoms with van der Waals surface area (Å²) in [7, 11) is 3.20. The van der Waals surface area contributed by atoms with Crippen molar-refractivity contribution in [3.05, 3.63) is 63.7 Å². The Kier molecular flexibility index (Phi) is 4.77. The first kappa shape index (κ1) is 14.8. The fraction of sp³-hybridized carbons (Fsp3) is 0.250. The summed E-state index contributed by atoms with van der Waals surface area (Å²) in [6.45, 7) is 0. The lowest BCUT2D eigenvalue weighted by Gasteiger charge is -2.09. The second-order valence-electron chi connectivity index (χ2n) is 4.62. The minimum absolute atomic E-state index is 0.125. The van der Waals surface area contributed by atoms with Crippen molar-refractivity contribution in [2.24, 2.45) is 0 Å². The average molecular weight is 287 g/mol. The van der Waals surface area contributed by atoms with E-state index >= 15 is 0 Å². The second-order valence-corrected chi connectivity index (χ2v) is 4.62. The van der Waals surface area contributed by atoms with Gasteiger partial charge in [0.2, 0.25) is 0 Å². The molecule has 0 amide bonds. The smallest absolute Gasteiger partial charge is 0.269 e. The van der Waals surface area contributed by atoms with Gasteiger partial charge in [0, 0.05) is 12.1 Å². The number of aryl methyl sites for hydroxylation is 2. The van der Waals surface area contributed by atoms with Crippen molar-refractivity contribution in [1.82, 2.24) is 0 Å². The van der Waals surface area contributed by atoms with Gasteiger partial charge in [-0.3, -0.25) is 10.1 Å². The number of benzene rings is 2. The summed E-state index contributed by atoms with van der Waals surface area (Å²) in [5.74, 6) is 1.38. The van der Waals surface area contributed by atoms with E-state index in [1.54, 1.807) is 26.4 Å². The first-order chi connectivity index (χ1) is 10.1. The van der Waals surface area contributed by atoms with Gasteiger partial charge in [-0.1, -0.05) is 18.2 Å². The van der Waals surface area contributed by atoms with E-state index in [1.807, 2.05) is 24.3 Å². The highest BCUT2D eigenvalue weighted by molar-refractivity contribution is 5.43. The van der Waals surface area contributed by atoms with Crippen LogP contribution in [0.3, 0.4) is 0 Å². The number of non-ortho nitro benzene ring substituents is 1. The Morgan fingerprint density at radius 2 is 1.62 bits per heavy atom. The van der Waals surface area contributed by atoms with Gasteiger partial charge in [0.15, 0.2) is 11.5 Å². The molecule has 5 heteroatoms. The number of rotatable bonds is 6. The lowest BCUT2D eigenvalue weighted by Crippen LogP contribution is -1.96. The van der Waals surface area contributed by atoms with Crippen molar-refractivity contribution in [3.63, 3.8) is 0 Å². The zero-order valence-corrected chi connectivity index (χ0v) is 12.0. The largest absolute Gasteiger partial charge is 0.493 e. The Labute approximate surface area is 123 Å². The van der Waals surface area contributed by atoms with Gasteiger partial charge in [-0.05, 0) is 36.1 Å². The molecule has 0 fully saturated rings. The maximum atomic E-state index is 10.8. The Morgan fingerprint density at radius 1 is 0.952 bits per heavy atom. The van der Waals surface area contributed by atoms with Gasteiger partial charge < -0.3 is 9.47 Å². The van der Waals surface area contributed by atoms with Gasteiger partial charge in [-0.15, -0.1) is 0 Å². The standard InChI is InChI=1S/C16H17NO4/c1-20-15-9-8-13(11-16(15)21-2)7-6-12-4-3-5-14(10-12)17(18)19/h3-5,8-11H,6-7H2,1-2H3. The molecule has 0 N–H and O–H groups in total. The monoisotopic (exact) mass is 287 g/mol. The molecule has 2 aromatic rings. The summed E-state index contributed by atoms with van der Waals surface area (Å²) in [5, 5.41) is 10.8. The van der Waals surface area contributed by atoms with Crippen LogP contribution in [0, 0.1) is 10.1 Å². The summed E-state index contributed by atoms with van der Waals surface area (Å²) in [4.78, 5) is 10.4. The van der Waals surface area contributed by atoms with Gasteiger partial charge in [0.1, 0.15) is 0 Å². The lowest BCUT2D eigenvalue weighted by atomic mass is 10.0. The molecule has 0 aromatic heterocycles. The van der Waals surface area contributed by atoms with Crippen LogP contribution in [-0.4, -0.2) is 19.1 Å². The van der Waals surface area contributed by atoms with Crippen LogP contribution < -0.4 is 9.47 Å². The fourth-order valence-corrected chi connectivity index (χ4v) is 2.15. The molecule has 5 nitrogen and oxygen atoms in total. The zero-order valence-electron chi connectivity index (χ0n) is 12.0. The van der Waals surface area contributed by atoms with E-state index in [0.29, 0.717) is 11.5 Å². The van der Waals surface area contributed by atoms with E-state index < -0.39 is 0 Å². The molecular formula is C16H17NO4. The van der Waals surface area contributed by atoms with Gasteiger partial charge in [0.05, 0.1) is 19.1 Å². The number of hydrogen-bond acceptors (Lipinski definition) is 4. The average Bonchev–Trinajstić information content (AvgIpc) is 2.52. The maximum absolute atomic E-state index is 10.8. The lowest BCUT2D eigenvalue weighted by molar-refractivity contribution is -0.384. The first-order valence-corrected chi connectivity index (χ1v) is 6.58. The minimum Gasteiger partial charge on any atom is -0.493 e. The van der Waals surface area contributed by atoms with Crippen LogP contribution in [0.2, 0.25) is 0 Å². The molecule has 0 saturated heterocycles. The van der Waals surface area contributed by atoms with E-state index in [0.717, 1.165) is 24.0 Å². The summed E-state index contributed by atoms with van der Waals surface area (Å²) >= 11 is 0. The number of methoxy groups -OCH3 is 2. The Bertz CT molecular complexity index is 640. The number of nitro groups is 1. The summed E-state index contributed by atoms with van der Waals surface area (Å²) < 4.78 is 10.5. The molecule has 2 rings (SSSR count). The van der Waals surface area contributed by atoms with E-state index in [9.17, 15) is 10.1 Å². The molecule has 0 saturated carbocycles. The SMILES string of the molecule is COc1ccc(CCc2cccc([N+](=O)[O-])c2)cc1OC. The van der Waals surface area contributed by atoms with Crippen LogP contribution in [-0.2, 0) is 12.8 Å². The van der Waals surface area contributed by atoms with Crippen LogP contribution >= 0.6 is 0 Å². The summed E-state index contributed by atoms with van der Waals surface area (Å²) in [6.07, 6.45) is 1.51. The molecule has 0 spiro atoms.